The van der Waals surface area contributed by atoms with Crippen LogP contribution in [0.2, 0.25) is 0 Å². The van der Waals surface area contributed by atoms with Crippen LogP contribution in [0, 0.1) is 11.8 Å². The molecule has 1 saturated heterocycles. The minimum Gasteiger partial charge on any atom is -0.481 e. The summed E-state index contributed by atoms with van der Waals surface area (Å²) in [7, 11) is 2.05. The summed E-state index contributed by atoms with van der Waals surface area (Å²) in [5.41, 5.74) is 29.9. The van der Waals surface area contributed by atoms with Crippen LogP contribution >= 0.6 is 12.2 Å². The van der Waals surface area contributed by atoms with Gasteiger partial charge in [0.05, 0.1) is 43.4 Å². The normalized spacial score (nSPS) is 15.3. The van der Waals surface area contributed by atoms with Gasteiger partial charge in [-0.25, -0.2) is 19.6 Å². The Morgan fingerprint density at radius 3 is 1.97 bits per heavy atom. The summed E-state index contributed by atoms with van der Waals surface area (Å²) in [6.45, 7) is 7.09. The van der Waals surface area contributed by atoms with Gasteiger partial charge >= 0.3 is 23.9 Å². The molecule has 35 heteroatoms. The fourth-order valence-corrected chi connectivity index (χ4v) is 11.0. The highest BCUT2D eigenvalue weighted by Gasteiger charge is 2.34. The fraction of sp³-hybridized carbons (Fsp3) is 0.516. The molecule has 1 aliphatic heterocycles. The number of nitrogen functional groups attached to an aromatic ring is 1. The lowest BCUT2D eigenvalue weighted by Crippen LogP contribution is -2.47. The first-order valence-electron chi connectivity index (χ1n) is 31.8. The van der Waals surface area contributed by atoms with Crippen LogP contribution in [0.15, 0.2) is 69.5 Å². The number of carbonyl (C=O) groups excluding carboxylic acids is 5. The predicted molar refractivity (Wildman–Crippen MR) is 365 cm³/mol. The molecule has 528 valence electrons. The van der Waals surface area contributed by atoms with E-state index in [1.165, 1.54) is 30.5 Å². The maximum absolute atomic E-state index is 14.3. The van der Waals surface area contributed by atoms with Crippen molar-refractivity contribution in [3.05, 3.63) is 81.9 Å². The molecule has 3 heterocycles. The van der Waals surface area contributed by atoms with Crippen molar-refractivity contribution < 1.29 is 63.6 Å². The molecule has 5 rings (SSSR count). The number of H-pyrrole nitrogens is 1. The summed E-state index contributed by atoms with van der Waals surface area (Å²) in [4.78, 5) is 159. The number of fused-ring (bicyclic) bond motifs is 1. The Morgan fingerprint density at radius 2 is 1.33 bits per heavy atom. The second-order valence-corrected chi connectivity index (χ2v) is 24.0. The third kappa shape index (κ3) is 28.1. The Morgan fingerprint density at radius 1 is 0.711 bits per heavy atom. The number of aromatic amines is 1. The van der Waals surface area contributed by atoms with Gasteiger partial charge in [-0.2, -0.15) is 4.98 Å². The number of nitrogens with two attached hydrogens (primary N) is 5. The summed E-state index contributed by atoms with van der Waals surface area (Å²) in [6, 6.07) is 9.62. The van der Waals surface area contributed by atoms with Crippen molar-refractivity contribution >= 4 is 111 Å². The Bertz CT molecular complexity index is 3480. The second kappa shape index (κ2) is 39.8. The van der Waals surface area contributed by atoms with Gasteiger partial charge in [0.2, 0.25) is 17.8 Å². The highest BCUT2D eigenvalue weighted by atomic mass is 32.1. The van der Waals surface area contributed by atoms with Crippen LogP contribution in [0.25, 0.3) is 11.2 Å². The van der Waals surface area contributed by atoms with Gasteiger partial charge < -0.3 is 85.9 Å². The maximum Gasteiger partial charge on any atom is 0.326 e. The fourth-order valence-electron chi connectivity index (χ4n) is 10.8. The van der Waals surface area contributed by atoms with Crippen LogP contribution in [0.4, 0.5) is 17.3 Å². The molecule has 1 aliphatic rings. The van der Waals surface area contributed by atoms with E-state index in [0.717, 1.165) is 43.9 Å². The number of nitrogens with zero attached hydrogens (tertiary/aromatic N) is 8. The Hall–Kier alpha value is -10.0. The molecule has 2 aromatic carbocycles. The van der Waals surface area contributed by atoms with E-state index in [-0.39, 0.29) is 98.9 Å². The van der Waals surface area contributed by atoms with Crippen molar-refractivity contribution in [2.45, 2.75) is 121 Å². The van der Waals surface area contributed by atoms with Gasteiger partial charge in [-0.3, -0.25) is 63.1 Å². The van der Waals surface area contributed by atoms with Crippen molar-refractivity contribution in [2.75, 3.05) is 88.9 Å². The number of carbonyl (C=O) groups is 9. The largest absolute Gasteiger partial charge is 0.481 e. The molecular formula is C62H90N20O14S. The minimum atomic E-state index is -1.60. The third-order valence-corrected chi connectivity index (χ3v) is 16.2. The number of carboxylic acids is 4. The molecular weight excluding hydrogens is 1280 g/mol. The van der Waals surface area contributed by atoms with Crippen LogP contribution in [-0.2, 0) is 51.3 Å². The molecule has 2 aromatic heterocycles. The lowest BCUT2D eigenvalue weighted by atomic mass is 9.90. The molecule has 0 radical (unpaired) electrons. The molecule has 6 atom stereocenters. The number of hydrogen-bond donors (Lipinski definition) is 16. The number of thiocarbonyl (C=S) groups is 1. The number of hydrogen-bond acceptors (Lipinski definition) is 21. The van der Waals surface area contributed by atoms with Crippen LogP contribution in [0.5, 0.6) is 0 Å². The molecule has 0 bridgehead atoms. The zero-order valence-electron chi connectivity index (χ0n) is 54.4. The van der Waals surface area contributed by atoms with Gasteiger partial charge in [0, 0.05) is 101 Å². The average Bonchev–Trinajstić information content (AvgIpc) is 0.999. The number of aliphatic imine (C=N–C) groups is 2. The lowest BCUT2D eigenvalue weighted by Gasteiger charge is -2.33. The van der Waals surface area contributed by atoms with Crippen molar-refractivity contribution in [1.29, 1.82) is 0 Å². The smallest absolute Gasteiger partial charge is 0.326 e. The SMILES string of the molecule is CCN1CCN(CC(=O)O)CCN(C)CC1Cc1ccc(NC(=S)NCCCC[C@H](NC(=O)[C@H](CCCN=C(N)N)CC(=O)[C@H](CCCN=C(N)N)NC(=O)[C@H](CC(=O)O)CC(=O)CC[C@H](NC(=O)c2ccc(NCc3cnc4nc(N)[nH]c(=O)c4n3)cc2)C(=O)O)C(=O)O)cc1. The van der Waals surface area contributed by atoms with Gasteiger partial charge in [0.15, 0.2) is 34.0 Å². The molecule has 1 fully saturated rings. The summed E-state index contributed by atoms with van der Waals surface area (Å²) in [6.07, 6.45) is -0.0990. The standard InChI is InChI=1S/C62H90N20O14S/c1-3-82-27-26-81(35-50(87)88)25-24-80(2)34-43(82)28-36-11-15-41(16-12-36)74-62(97)70-21-5-4-9-46(57(93)94)76-54(90)38(8-6-22-68-59(63)64)30-48(84)45(10-7-23-69-60(65)66)75-55(91)39(31-49(85)86)29-44(83)19-20-47(58(95)96)77-53(89)37-13-17-40(18-14-37)71-32-42-33-72-52-51(73-42)56(92)79-61(67)78-52/h11-18,33,38-39,43,45-47,71H,3-10,19-32,34-35H2,1-2H3,(H,75,91)(H,76,90)(H,77,89)(H,85,86)(H,87,88)(H,93,94)(H,95,96)(H4,63,64,68)(H4,65,66,69)(H2,70,74,97)(H3,67,72,78,79,92)/t38-,39+,43?,45+,46+,47+/m1/s1. The number of Topliss-reactive ketones (excluding diaryl/α,β-unsaturated/α-hetero) is 2. The average molecular weight is 1370 g/mol. The first kappa shape index (κ1) is 77.7. The van der Waals surface area contributed by atoms with E-state index in [2.05, 4.69) is 78.5 Å². The number of ketones is 2. The van der Waals surface area contributed by atoms with E-state index in [0.29, 0.717) is 49.0 Å². The number of benzene rings is 2. The van der Waals surface area contributed by atoms with E-state index >= 15 is 0 Å². The highest BCUT2D eigenvalue weighted by molar-refractivity contribution is 7.80. The number of anilines is 3. The number of aromatic nitrogens is 4. The number of guanidine groups is 2. The van der Waals surface area contributed by atoms with Crippen molar-refractivity contribution in [3.8, 4) is 0 Å². The second-order valence-electron chi connectivity index (χ2n) is 23.6. The molecule has 1 unspecified atom stereocenters. The van der Waals surface area contributed by atoms with Crippen LogP contribution in [0.3, 0.4) is 0 Å². The monoisotopic (exact) mass is 1370 g/mol. The summed E-state index contributed by atoms with van der Waals surface area (Å²) in [5, 5.41) is 56.7. The first-order valence-corrected chi connectivity index (χ1v) is 32.2. The molecule has 34 nitrogen and oxygen atoms in total. The molecule has 0 saturated carbocycles. The van der Waals surface area contributed by atoms with E-state index in [4.69, 9.17) is 40.9 Å². The van der Waals surface area contributed by atoms with Crippen LogP contribution in [0.1, 0.15) is 106 Å². The highest BCUT2D eigenvalue weighted by Crippen LogP contribution is 2.21. The zero-order valence-corrected chi connectivity index (χ0v) is 55.2. The van der Waals surface area contributed by atoms with Crippen molar-refractivity contribution in [1.82, 2.24) is 55.9 Å². The summed E-state index contributed by atoms with van der Waals surface area (Å²) in [5.74, 6) is -12.6. The quantitative estimate of drug-likeness (QED) is 0.0114. The van der Waals surface area contributed by atoms with E-state index < -0.39 is 121 Å². The zero-order chi connectivity index (χ0) is 71.1. The van der Waals surface area contributed by atoms with Gasteiger partial charge in [-0.1, -0.05) is 19.1 Å². The number of unbranched alkanes of at least 4 members (excludes halogenated alkanes) is 1. The topological polar surface area (TPSA) is 543 Å². The Kier molecular flexibility index (Phi) is 31.9. The van der Waals surface area contributed by atoms with Gasteiger partial charge in [-0.15, -0.1) is 0 Å². The number of nitrogens with one attached hydrogen (secondary N) is 7. The molecule has 4 aromatic rings. The summed E-state index contributed by atoms with van der Waals surface area (Å²) >= 11 is 5.55. The maximum atomic E-state index is 14.3. The van der Waals surface area contributed by atoms with Crippen LogP contribution < -0.4 is 66.1 Å². The number of likely N-dealkylation sites (N-methyl/N-ethyl adjacent to an activating group) is 2. The number of rotatable bonds is 40. The van der Waals surface area contributed by atoms with Crippen molar-refractivity contribution in [3.63, 3.8) is 0 Å². The van der Waals surface area contributed by atoms with Gasteiger partial charge in [0.1, 0.15) is 17.9 Å². The number of aliphatic carboxylic acids is 4. The summed E-state index contributed by atoms with van der Waals surface area (Å²) < 4.78 is 0. The lowest BCUT2D eigenvalue weighted by molar-refractivity contribution is -0.143. The Labute approximate surface area is 564 Å². The first-order chi connectivity index (χ1) is 46.2. The van der Waals surface area contributed by atoms with E-state index in [9.17, 15) is 68.4 Å². The van der Waals surface area contributed by atoms with Gasteiger partial charge in [0.25, 0.3) is 11.5 Å². The molecule has 21 N–H and O–H groups in total. The van der Waals surface area contributed by atoms with E-state index in [1.807, 2.05) is 36.2 Å². The predicted octanol–water partition coefficient (Wildman–Crippen LogP) is -0.621. The van der Waals surface area contributed by atoms with E-state index in [1.54, 1.807) is 0 Å². The minimum absolute atomic E-state index is 0.00316. The number of carboxylic acid groups (broad SMARTS) is 4. The molecule has 3 amide bonds. The third-order valence-electron chi connectivity index (χ3n) is 16.0. The molecule has 0 spiro atoms. The van der Waals surface area contributed by atoms with Crippen molar-refractivity contribution in [2.24, 2.45) is 44.8 Å². The Balaban J connectivity index is 1.15. The molecule has 0 aliphatic carbocycles. The molecule has 97 heavy (non-hydrogen) atoms. The van der Waals surface area contributed by atoms with Gasteiger partial charge in [-0.05, 0) is 126 Å². The van der Waals surface area contributed by atoms with Crippen LogP contribution in [-0.4, -0.2) is 222 Å². The number of amides is 3.